The fraction of sp³-hybridized carbons (Fsp3) is 0.295. The molecule has 3 atom stereocenters. The van der Waals surface area contributed by atoms with Crippen molar-refractivity contribution in [3.8, 4) is 17.2 Å². The van der Waals surface area contributed by atoms with Crippen molar-refractivity contribution in [1.82, 2.24) is 10.2 Å². The van der Waals surface area contributed by atoms with E-state index in [-0.39, 0.29) is 34.7 Å². The summed E-state index contributed by atoms with van der Waals surface area (Å²) in [6.45, 7) is 2.95. The molecule has 0 spiro atoms. The number of rotatable bonds is 14. The lowest BCUT2D eigenvalue weighted by molar-refractivity contribution is -0.904. The Balaban J connectivity index is 1.17. The van der Waals surface area contributed by atoms with Gasteiger partial charge in [-0.2, -0.15) is 0 Å². The van der Waals surface area contributed by atoms with E-state index in [0.717, 1.165) is 48.3 Å². The lowest BCUT2D eigenvalue weighted by atomic mass is 9.82. The second-order valence-electron chi connectivity index (χ2n) is 14.3. The Morgan fingerprint density at radius 1 is 0.877 bits per heavy atom. The first-order valence-electron chi connectivity index (χ1n) is 18.7. The Kier molecular flexibility index (Phi) is 12.4. The number of hydrogen-bond donors (Lipinski definition) is 2. The molecule has 0 radical (unpaired) electrons. The van der Waals surface area contributed by atoms with Crippen LogP contribution in [0.25, 0.3) is 0 Å². The van der Waals surface area contributed by atoms with Gasteiger partial charge in [0, 0.05) is 28.3 Å². The number of ether oxygens (including phenoxy) is 4. The average Bonchev–Trinajstić information content (AvgIpc) is 3.22. The molecule has 2 N–H and O–H groups in total. The summed E-state index contributed by atoms with van der Waals surface area (Å²) in [6, 6.07) is 27.0. The first-order valence-corrected chi connectivity index (χ1v) is 19.5. The van der Waals surface area contributed by atoms with Crippen molar-refractivity contribution < 1.29 is 43.6 Å². The maximum absolute atomic E-state index is 13.4. The van der Waals surface area contributed by atoms with Crippen LogP contribution in [0.4, 0.5) is 4.79 Å². The zero-order valence-electron chi connectivity index (χ0n) is 31.5. The van der Waals surface area contributed by atoms with Crippen LogP contribution in [0, 0.1) is 5.92 Å². The number of nitrogens with zero attached hydrogens (tertiary/aromatic N) is 2. The highest BCUT2D eigenvalue weighted by molar-refractivity contribution is 6.35. The number of methoxy groups -OCH3 is 2. The molecule has 5 aromatic rings. The van der Waals surface area contributed by atoms with Gasteiger partial charge in [0.1, 0.15) is 28.5 Å². The van der Waals surface area contributed by atoms with Crippen LogP contribution in [0.5, 0.6) is 17.2 Å². The van der Waals surface area contributed by atoms with Crippen molar-refractivity contribution in [3.63, 3.8) is 0 Å². The zero-order valence-corrected chi connectivity index (χ0v) is 33.0. The Morgan fingerprint density at radius 3 is 2.26 bits per heavy atom. The normalized spacial score (nSPS) is 18.3. The quantitative estimate of drug-likeness (QED) is 0.0922. The highest BCUT2D eigenvalue weighted by atomic mass is 35.5. The number of carboxylic acids is 1. The molecule has 0 aliphatic carbocycles. The predicted molar refractivity (Wildman–Crippen MR) is 211 cm³/mol. The molecular formula is C44H43Cl2N3O8. The fourth-order valence-electron chi connectivity index (χ4n) is 7.88. The third-order valence-electron chi connectivity index (χ3n) is 10.8. The minimum Gasteiger partial charge on any atom is -0.545 e. The Hall–Kier alpha value is -5.49. The maximum atomic E-state index is 13.4. The number of alkyl carbamates (subject to hydrolysis) is 1. The van der Waals surface area contributed by atoms with E-state index >= 15 is 0 Å². The molecule has 3 saturated heterocycles. The van der Waals surface area contributed by atoms with E-state index in [1.165, 1.54) is 32.7 Å². The molecule has 4 aromatic carbocycles. The van der Waals surface area contributed by atoms with Crippen molar-refractivity contribution in [2.75, 3.05) is 33.9 Å². The third kappa shape index (κ3) is 9.23. The monoisotopic (exact) mass is 811 g/mol. The standard InChI is InChI=1S/C44H43Cl2N3O8/c1-54-39-14-12-30(21-40(39)55-2)34(22-36-37(45)23-49(53)24-38(36)46)35-19-27(11-13-33(35)43(50)51)26-56-32-10-6-9-31(20-32)42(29-7-4-3-5-8-29)47-44(52)57-41-25-48-17-15-28(41)16-18-48/h3-14,19-21,23-24,28,34,41-42H,15-18,22,25-26H2,1-2H3,(H2-,47,50,51,52,53)/t34?,41-,42?/m0/s1. The number of pyridine rings is 1. The average molecular weight is 813 g/mol. The number of halogens is 2. The number of nitrogens with one attached hydrogen (secondary N) is 1. The maximum Gasteiger partial charge on any atom is 0.408 e. The van der Waals surface area contributed by atoms with Crippen LogP contribution in [-0.4, -0.2) is 62.1 Å². The number of carbonyl (C=O) groups is 2. The van der Waals surface area contributed by atoms with Crippen LogP contribution in [0.1, 0.15) is 68.5 Å². The number of carboxylic acid groups (broad SMARTS) is 1. The van der Waals surface area contributed by atoms with Crippen LogP contribution in [0.3, 0.4) is 0 Å². The SMILES string of the molecule is COc1ccc(C(Cc2c(Cl)c[n+](O)cc2Cl)c2cc(COc3cccc(C(NC(=O)O[C@H]4CN5CCC4CC5)c4ccccc4)c3)ccc2C(=O)[O-])cc1OC. The molecule has 8 rings (SSSR count). The first kappa shape index (κ1) is 39.7. The van der Waals surface area contributed by atoms with Gasteiger partial charge in [-0.1, -0.05) is 89.9 Å². The predicted octanol–water partition coefficient (Wildman–Crippen LogP) is 6.76. The molecule has 3 aliphatic heterocycles. The summed E-state index contributed by atoms with van der Waals surface area (Å²) >= 11 is 13.2. The summed E-state index contributed by atoms with van der Waals surface area (Å²) in [6.07, 6.45) is 4.26. The fourth-order valence-corrected chi connectivity index (χ4v) is 8.49. The first-order chi connectivity index (χ1) is 27.6. The van der Waals surface area contributed by atoms with Gasteiger partial charge in [-0.15, -0.1) is 0 Å². The number of aromatic nitrogens is 1. The van der Waals surface area contributed by atoms with Gasteiger partial charge in [0.25, 0.3) is 0 Å². The van der Waals surface area contributed by atoms with Crippen molar-refractivity contribution in [2.24, 2.45) is 5.92 Å². The Morgan fingerprint density at radius 2 is 1.60 bits per heavy atom. The summed E-state index contributed by atoms with van der Waals surface area (Å²) in [5.74, 6) is -0.112. The summed E-state index contributed by atoms with van der Waals surface area (Å²) in [5, 5.41) is 26.2. The minimum absolute atomic E-state index is 0.0252. The van der Waals surface area contributed by atoms with Crippen LogP contribution in [0.15, 0.2) is 103 Å². The number of fused-ring (bicyclic) bond motifs is 3. The number of benzene rings is 4. The molecule has 57 heavy (non-hydrogen) atoms. The van der Waals surface area contributed by atoms with E-state index in [0.29, 0.717) is 45.4 Å². The van der Waals surface area contributed by atoms with E-state index in [2.05, 4.69) is 10.2 Å². The third-order valence-corrected chi connectivity index (χ3v) is 11.5. The zero-order chi connectivity index (χ0) is 40.1. The van der Waals surface area contributed by atoms with Crippen molar-refractivity contribution in [1.29, 1.82) is 0 Å². The van der Waals surface area contributed by atoms with E-state index < -0.39 is 24.0 Å². The van der Waals surface area contributed by atoms with E-state index in [1.54, 1.807) is 24.3 Å². The van der Waals surface area contributed by atoms with Crippen molar-refractivity contribution in [3.05, 3.63) is 152 Å². The molecule has 1 amide bonds. The molecule has 4 heterocycles. The summed E-state index contributed by atoms with van der Waals surface area (Å²) < 4.78 is 24.1. The van der Waals surface area contributed by atoms with E-state index in [9.17, 15) is 19.9 Å². The second-order valence-corrected chi connectivity index (χ2v) is 15.1. The number of aromatic carboxylic acids is 1. The van der Waals surface area contributed by atoms with Crippen LogP contribution < -0.4 is 29.4 Å². The molecule has 11 nitrogen and oxygen atoms in total. The summed E-state index contributed by atoms with van der Waals surface area (Å²) in [4.78, 5) is 28.3. The summed E-state index contributed by atoms with van der Waals surface area (Å²) in [7, 11) is 3.05. The molecule has 296 valence electrons. The highest BCUT2D eigenvalue weighted by Gasteiger charge is 2.37. The molecule has 3 aliphatic rings. The molecule has 2 unspecified atom stereocenters. The summed E-state index contributed by atoms with van der Waals surface area (Å²) in [5.41, 5.74) is 3.97. The van der Waals surface area contributed by atoms with Crippen LogP contribution in [-0.2, 0) is 17.8 Å². The Bertz CT molecular complexity index is 2210. The molecular weight excluding hydrogens is 769 g/mol. The highest BCUT2D eigenvalue weighted by Crippen LogP contribution is 2.39. The molecule has 13 heteroatoms. The number of amides is 1. The number of piperidine rings is 3. The van der Waals surface area contributed by atoms with Gasteiger partial charge in [-0.3, -0.25) is 10.1 Å². The van der Waals surface area contributed by atoms with E-state index in [4.69, 9.17) is 42.1 Å². The van der Waals surface area contributed by atoms with Gasteiger partial charge in [0.2, 0.25) is 12.4 Å². The smallest absolute Gasteiger partial charge is 0.408 e. The van der Waals surface area contributed by atoms with Gasteiger partial charge in [-0.05, 0) is 90.4 Å². The molecule has 2 bridgehead atoms. The van der Waals surface area contributed by atoms with Crippen LogP contribution >= 0.6 is 23.2 Å². The topological polar surface area (TPSA) is 134 Å². The van der Waals surface area contributed by atoms with Gasteiger partial charge in [0.15, 0.2) is 11.5 Å². The van der Waals surface area contributed by atoms with Gasteiger partial charge in [-0.25, -0.2) is 4.79 Å². The number of hydrogen-bond acceptors (Lipinski definition) is 9. The molecule has 3 fully saturated rings. The van der Waals surface area contributed by atoms with E-state index in [1.807, 2.05) is 60.7 Å². The minimum atomic E-state index is -1.36. The largest absolute Gasteiger partial charge is 0.545 e. The molecule has 0 saturated carbocycles. The number of carbonyl (C=O) groups excluding carboxylic acids is 2. The van der Waals surface area contributed by atoms with Gasteiger partial charge < -0.3 is 34.2 Å². The Labute approximate surface area is 341 Å². The van der Waals surface area contributed by atoms with Gasteiger partial charge in [0.05, 0.1) is 26.2 Å². The van der Waals surface area contributed by atoms with Crippen molar-refractivity contribution in [2.45, 2.75) is 43.9 Å². The van der Waals surface area contributed by atoms with Crippen LogP contribution in [0.2, 0.25) is 10.0 Å². The lowest BCUT2D eigenvalue weighted by Gasteiger charge is -2.43. The lowest BCUT2D eigenvalue weighted by Crippen LogP contribution is -2.52. The second kappa shape index (κ2) is 17.8. The molecule has 1 aromatic heterocycles. The van der Waals surface area contributed by atoms with Crippen molar-refractivity contribution >= 4 is 35.3 Å². The van der Waals surface area contributed by atoms with Gasteiger partial charge >= 0.3 is 6.09 Å².